The Morgan fingerprint density at radius 3 is 1.55 bits per heavy atom. The first-order chi connectivity index (χ1) is 14.3. The molecule has 0 saturated carbocycles. The maximum atomic E-state index is 6.18. The van der Waals surface area contributed by atoms with Crippen molar-refractivity contribution in [3.05, 3.63) is 120 Å². The van der Waals surface area contributed by atoms with E-state index >= 15 is 0 Å². The van der Waals surface area contributed by atoms with Gasteiger partial charge in [0.05, 0.1) is 0 Å². The fraction of sp³-hybridized carbons (Fsp3) is 0. The van der Waals surface area contributed by atoms with Gasteiger partial charge in [-0.1, -0.05) is 109 Å². The molecule has 0 fully saturated rings. The minimum absolute atomic E-state index is 0.750. The molecule has 5 rings (SSSR count). The lowest BCUT2D eigenvalue weighted by atomic mass is 9.85. The van der Waals surface area contributed by atoms with Crippen molar-refractivity contribution in [3.63, 3.8) is 0 Å². The van der Waals surface area contributed by atoms with Crippen LogP contribution in [0.25, 0.3) is 44.2 Å². The van der Waals surface area contributed by atoms with Crippen LogP contribution >= 0.6 is 11.6 Å². The topological polar surface area (TPSA) is 0 Å². The first-order valence-electron chi connectivity index (χ1n) is 9.74. The van der Waals surface area contributed by atoms with Gasteiger partial charge < -0.3 is 0 Å². The first-order valence-corrected chi connectivity index (χ1v) is 10.1. The third-order valence-electron chi connectivity index (χ3n) is 5.35. The molecule has 0 aliphatic rings. The molecule has 0 unspecified atom stereocenters. The molecule has 0 aliphatic heterocycles. The zero-order valence-electron chi connectivity index (χ0n) is 15.8. The summed E-state index contributed by atoms with van der Waals surface area (Å²) in [6, 6.07) is 40.4. The lowest BCUT2D eigenvalue weighted by Crippen LogP contribution is -1.91. The average Bonchev–Trinajstić information content (AvgIpc) is 2.80. The zero-order valence-corrected chi connectivity index (χ0v) is 16.6. The lowest BCUT2D eigenvalue weighted by Gasteiger charge is -2.18. The number of benzene rings is 5. The van der Waals surface area contributed by atoms with Crippen molar-refractivity contribution in [2.45, 2.75) is 0 Å². The smallest absolute Gasteiger partial charge is 0.0406 e. The van der Waals surface area contributed by atoms with E-state index in [0.29, 0.717) is 0 Å². The molecule has 5 aromatic rings. The Morgan fingerprint density at radius 2 is 0.931 bits per heavy atom. The van der Waals surface area contributed by atoms with E-state index in [1.807, 2.05) is 12.1 Å². The second kappa shape index (κ2) is 7.58. The van der Waals surface area contributed by atoms with E-state index in [1.165, 1.54) is 44.2 Å². The van der Waals surface area contributed by atoms with Crippen LogP contribution in [0.3, 0.4) is 0 Å². The van der Waals surface area contributed by atoms with Gasteiger partial charge in [-0.15, -0.1) is 0 Å². The molecule has 138 valence electrons. The van der Waals surface area contributed by atoms with Gasteiger partial charge in [0.25, 0.3) is 0 Å². The third kappa shape index (κ3) is 3.33. The number of hydrogen-bond acceptors (Lipinski definition) is 0. The van der Waals surface area contributed by atoms with E-state index in [1.54, 1.807) is 0 Å². The average molecular weight is 391 g/mol. The Bertz CT molecular complexity index is 1270. The molecular formula is C28H19Cl. The van der Waals surface area contributed by atoms with Gasteiger partial charge in [-0.3, -0.25) is 0 Å². The summed E-state index contributed by atoms with van der Waals surface area (Å²) in [6.07, 6.45) is 0. The molecule has 0 N–H and O–H groups in total. The fourth-order valence-corrected chi connectivity index (χ4v) is 4.13. The Hall–Kier alpha value is -3.35. The van der Waals surface area contributed by atoms with E-state index in [2.05, 4.69) is 103 Å². The Balaban J connectivity index is 1.91. The van der Waals surface area contributed by atoms with Crippen LogP contribution in [0.15, 0.2) is 115 Å². The van der Waals surface area contributed by atoms with E-state index < -0.39 is 0 Å². The highest BCUT2D eigenvalue weighted by Gasteiger charge is 2.16. The standard InChI is InChI=1S/C28H19Cl/c29-23-17-15-22(16-18-23)28-25-14-8-7-13-24(25)26(20-9-3-1-4-10-20)19-27(28)21-11-5-2-6-12-21/h1-19H. The highest BCUT2D eigenvalue weighted by atomic mass is 35.5. The molecule has 0 radical (unpaired) electrons. The molecule has 0 saturated heterocycles. The normalized spacial score (nSPS) is 10.9. The molecule has 29 heavy (non-hydrogen) atoms. The summed E-state index contributed by atoms with van der Waals surface area (Å²) in [4.78, 5) is 0. The predicted molar refractivity (Wildman–Crippen MR) is 125 cm³/mol. The van der Waals surface area contributed by atoms with Gasteiger partial charge in [0.2, 0.25) is 0 Å². The van der Waals surface area contributed by atoms with Gasteiger partial charge in [0.1, 0.15) is 0 Å². The summed E-state index contributed by atoms with van der Waals surface area (Å²) in [5.74, 6) is 0. The van der Waals surface area contributed by atoms with Crippen LogP contribution in [0.2, 0.25) is 5.02 Å². The molecule has 5 aromatic carbocycles. The minimum Gasteiger partial charge on any atom is -0.0843 e. The summed E-state index contributed by atoms with van der Waals surface area (Å²) in [6.45, 7) is 0. The quantitative estimate of drug-likeness (QED) is 0.289. The molecule has 0 amide bonds. The van der Waals surface area contributed by atoms with Crippen molar-refractivity contribution >= 4 is 22.4 Å². The Morgan fingerprint density at radius 1 is 0.414 bits per heavy atom. The molecule has 0 aliphatic carbocycles. The van der Waals surface area contributed by atoms with Gasteiger partial charge in [0.15, 0.2) is 0 Å². The molecule has 0 bridgehead atoms. The minimum atomic E-state index is 0.750. The van der Waals surface area contributed by atoms with Gasteiger partial charge in [-0.25, -0.2) is 0 Å². The largest absolute Gasteiger partial charge is 0.0843 e. The molecule has 0 atom stereocenters. The summed E-state index contributed by atoms with van der Waals surface area (Å²) in [5.41, 5.74) is 7.32. The van der Waals surface area contributed by atoms with Gasteiger partial charge in [0, 0.05) is 5.02 Å². The Labute approximate surface area is 176 Å². The molecule has 1 heteroatoms. The van der Waals surface area contributed by atoms with Crippen LogP contribution in [-0.2, 0) is 0 Å². The van der Waals surface area contributed by atoms with Crippen molar-refractivity contribution in [1.82, 2.24) is 0 Å². The van der Waals surface area contributed by atoms with E-state index in [0.717, 1.165) is 5.02 Å². The SMILES string of the molecule is Clc1ccc(-c2c(-c3ccccc3)cc(-c3ccccc3)c3ccccc23)cc1. The zero-order chi connectivity index (χ0) is 19.6. The van der Waals surface area contributed by atoms with E-state index in [4.69, 9.17) is 11.6 Å². The fourth-order valence-electron chi connectivity index (χ4n) is 4.00. The molecular weight excluding hydrogens is 372 g/mol. The third-order valence-corrected chi connectivity index (χ3v) is 5.60. The predicted octanol–water partition coefficient (Wildman–Crippen LogP) is 8.49. The maximum absolute atomic E-state index is 6.18. The number of fused-ring (bicyclic) bond motifs is 1. The van der Waals surface area contributed by atoms with Gasteiger partial charge in [-0.2, -0.15) is 0 Å². The lowest BCUT2D eigenvalue weighted by molar-refractivity contribution is 1.59. The highest BCUT2D eigenvalue weighted by Crippen LogP contribution is 2.43. The van der Waals surface area contributed by atoms with Crippen molar-refractivity contribution in [1.29, 1.82) is 0 Å². The molecule has 0 spiro atoms. The van der Waals surface area contributed by atoms with Crippen LogP contribution in [0.4, 0.5) is 0 Å². The molecule has 0 heterocycles. The van der Waals surface area contributed by atoms with Gasteiger partial charge in [-0.05, 0) is 62.4 Å². The summed E-state index contributed by atoms with van der Waals surface area (Å²) in [7, 11) is 0. The second-order valence-electron chi connectivity index (χ2n) is 7.13. The monoisotopic (exact) mass is 390 g/mol. The molecule has 0 aromatic heterocycles. The van der Waals surface area contributed by atoms with Crippen LogP contribution in [0, 0.1) is 0 Å². The number of halogens is 1. The van der Waals surface area contributed by atoms with E-state index in [-0.39, 0.29) is 0 Å². The highest BCUT2D eigenvalue weighted by molar-refractivity contribution is 6.30. The van der Waals surface area contributed by atoms with Gasteiger partial charge >= 0.3 is 0 Å². The van der Waals surface area contributed by atoms with Crippen LogP contribution in [0.1, 0.15) is 0 Å². The van der Waals surface area contributed by atoms with Crippen LogP contribution in [0.5, 0.6) is 0 Å². The van der Waals surface area contributed by atoms with Crippen LogP contribution in [-0.4, -0.2) is 0 Å². The van der Waals surface area contributed by atoms with Crippen molar-refractivity contribution in [2.24, 2.45) is 0 Å². The Kier molecular flexibility index (Phi) is 4.63. The number of rotatable bonds is 3. The van der Waals surface area contributed by atoms with E-state index in [9.17, 15) is 0 Å². The van der Waals surface area contributed by atoms with Crippen molar-refractivity contribution < 1.29 is 0 Å². The van der Waals surface area contributed by atoms with Crippen molar-refractivity contribution in [2.75, 3.05) is 0 Å². The second-order valence-corrected chi connectivity index (χ2v) is 7.57. The van der Waals surface area contributed by atoms with Crippen molar-refractivity contribution in [3.8, 4) is 33.4 Å². The first kappa shape index (κ1) is 17.7. The molecule has 0 nitrogen and oxygen atoms in total. The van der Waals surface area contributed by atoms with Crippen LogP contribution < -0.4 is 0 Å². The summed E-state index contributed by atoms with van der Waals surface area (Å²) < 4.78 is 0. The maximum Gasteiger partial charge on any atom is 0.0406 e. The summed E-state index contributed by atoms with van der Waals surface area (Å²) >= 11 is 6.18. The summed E-state index contributed by atoms with van der Waals surface area (Å²) in [5, 5.41) is 3.25. The number of hydrogen-bond donors (Lipinski definition) is 0.